The number of ether oxygens (including phenoxy) is 2. The summed E-state index contributed by atoms with van der Waals surface area (Å²) in [4.78, 5) is 27.5. The number of carbonyl (C=O) groups is 2. The Bertz CT molecular complexity index is 955. The van der Waals surface area contributed by atoms with Crippen molar-refractivity contribution < 1.29 is 32.2 Å². The zero-order valence-corrected chi connectivity index (χ0v) is 15.7. The SMILES string of the molecule is COc1ccc(N2CCN(CC(=O)Nc3ccc(F)c(F)c3F)C2=O)cc1OC. The van der Waals surface area contributed by atoms with Gasteiger partial charge < -0.3 is 19.7 Å². The number of urea groups is 1. The Hall–Kier alpha value is -3.43. The maximum atomic E-state index is 13.7. The number of anilines is 2. The van der Waals surface area contributed by atoms with E-state index in [1.807, 2.05) is 0 Å². The molecule has 1 saturated heterocycles. The molecule has 0 saturated carbocycles. The van der Waals surface area contributed by atoms with E-state index in [9.17, 15) is 22.8 Å². The van der Waals surface area contributed by atoms with E-state index >= 15 is 0 Å². The van der Waals surface area contributed by atoms with Crippen molar-refractivity contribution in [1.82, 2.24) is 4.90 Å². The molecule has 2 aromatic rings. The number of methoxy groups -OCH3 is 2. The molecule has 0 aromatic heterocycles. The molecule has 0 radical (unpaired) electrons. The summed E-state index contributed by atoms with van der Waals surface area (Å²) >= 11 is 0. The Balaban J connectivity index is 1.67. The Morgan fingerprint density at radius 1 is 1.03 bits per heavy atom. The van der Waals surface area contributed by atoms with Crippen LogP contribution in [0.4, 0.5) is 29.3 Å². The summed E-state index contributed by atoms with van der Waals surface area (Å²) in [6.45, 7) is 0.197. The van der Waals surface area contributed by atoms with E-state index in [2.05, 4.69) is 5.32 Å². The number of nitrogens with one attached hydrogen (secondary N) is 1. The first-order chi connectivity index (χ1) is 13.8. The molecular formula is C19H18F3N3O4. The predicted octanol–water partition coefficient (Wildman–Crippen LogP) is 3.00. The van der Waals surface area contributed by atoms with Crippen LogP contribution in [0.15, 0.2) is 30.3 Å². The lowest BCUT2D eigenvalue weighted by Crippen LogP contribution is -2.37. The lowest BCUT2D eigenvalue weighted by Gasteiger charge is -2.19. The highest BCUT2D eigenvalue weighted by atomic mass is 19.2. The summed E-state index contributed by atoms with van der Waals surface area (Å²) in [7, 11) is 2.97. The van der Waals surface area contributed by atoms with Crippen molar-refractivity contribution in [1.29, 1.82) is 0 Å². The second-order valence-corrected chi connectivity index (χ2v) is 6.17. The fourth-order valence-electron chi connectivity index (χ4n) is 2.95. The van der Waals surface area contributed by atoms with Gasteiger partial charge in [0.1, 0.15) is 6.54 Å². The Labute approximate surface area is 164 Å². The highest BCUT2D eigenvalue weighted by Gasteiger charge is 2.31. The third kappa shape index (κ3) is 4.05. The summed E-state index contributed by atoms with van der Waals surface area (Å²) in [5.74, 6) is -4.33. The minimum atomic E-state index is -1.68. The molecule has 0 unspecified atom stereocenters. The quantitative estimate of drug-likeness (QED) is 0.745. The maximum Gasteiger partial charge on any atom is 0.325 e. The molecule has 3 amide bonds. The number of hydrogen-bond donors (Lipinski definition) is 1. The number of carbonyl (C=O) groups excluding carboxylic acids is 2. The van der Waals surface area contributed by atoms with Crippen LogP contribution in [-0.4, -0.2) is 50.7 Å². The molecule has 154 valence electrons. The van der Waals surface area contributed by atoms with Gasteiger partial charge in [0.2, 0.25) is 5.91 Å². The van der Waals surface area contributed by atoms with Gasteiger partial charge in [-0.3, -0.25) is 9.69 Å². The van der Waals surface area contributed by atoms with E-state index in [-0.39, 0.29) is 13.1 Å². The van der Waals surface area contributed by atoms with Gasteiger partial charge in [-0.05, 0) is 24.3 Å². The average Bonchev–Trinajstić information content (AvgIpc) is 3.08. The van der Waals surface area contributed by atoms with E-state index in [1.165, 1.54) is 24.0 Å². The van der Waals surface area contributed by atoms with Gasteiger partial charge in [-0.1, -0.05) is 0 Å². The summed E-state index contributed by atoms with van der Waals surface area (Å²) < 4.78 is 50.3. The normalized spacial score (nSPS) is 13.6. The second kappa shape index (κ2) is 8.29. The molecule has 29 heavy (non-hydrogen) atoms. The van der Waals surface area contributed by atoms with E-state index in [4.69, 9.17) is 9.47 Å². The van der Waals surface area contributed by atoms with Crippen molar-refractivity contribution in [3.05, 3.63) is 47.8 Å². The molecule has 0 spiro atoms. The van der Waals surface area contributed by atoms with Gasteiger partial charge in [-0.2, -0.15) is 0 Å². The van der Waals surface area contributed by atoms with Crippen LogP contribution < -0.4 is 19.7 Å². The summed E-state index contributed by atoms with van der Waals surface area (Å²) in [6.07, 6.45) is 0. The Morgan fingerprint density at radius 2 is 1.76 bits per heavy atom. The first kappa shape index (κ1) is 20.3. The Morgan fingerprint density at radius 3 is 2.45 bits per heavy atom. The fourth-order valence-corrected chi connectivity index (χ4v) is 2.95. The molecule has 10 heteroatoms. The van der Waals surface area contributed by atoms with Crippen LogP contribution >= 0.6 is 0 Å². The van der Waals surface area contributed by atoms with Gasteiger partial charge in [-0.25, -0.2) is 18.0 Å². The smallest absolute Gasteiger partial charge is 0.325 e. The molecule has 1 heterocycles. The zero-order valence-electron chi connectivity index (χ0n) is 15.7. The van der Waals surface area contributed by atoms with E-state index in [0.717, 1.165) is 6.07 Å². The minimum absolute atomic E-state index is 0.251. The maximum absolute atomic E-state index is 13.7. The summed E-state index contributed by atoms with van der Waals surface area (Å²) in [5, 5.41) is 2.14. The van der Waals surface area contributed by atoms with Gasteiger partial charge in [0.05, 0.1) is 19.9 Å². The number of hydrogen-bond acceptors (Lipinski definition) is 4. The first-order valence-electron chi connectivity index (χ1n) is 8.57. The molecule has 2 aromatic carbocycles. The fraction of sp³-hybridized carbons (Fsp3) is 0.263. The van der Waals surface area contributed by atoms with Crippen molar-refractivity contribution in [2.24, 2.45) is 0 Å². The Kier molecular flexibility index (Phi) is 5.81. The van der Waals surface area contributed by atoms with Crippen molar-refractivity contribution in [3.8, 4) is 11.5 Å². The molecule has 1 aliphatic rings. The van der Waals surface area contributed by atoms with Crippen molar-refractivity contribution in [2.45, 2.75) is 0 Å². The third-order valence-corrected chi connectivity index (χ3v) is 4.42. The van der Waals surface area contributed by atoms with E-state index in [0.29, 0.717) is 29.8 Å². The molecule has 1 fully saturated rings. The van der Waals surface area contributed by atoms with Crippen molar-refractivity contribution >= 4 is 23.3 Å². The van der Waals surface area contributed by atoms with Gasteiger partial charge in [0.15, 0.2) is 29.0 Å². The molecule has 1 N–H and O–H groups in total. The van der Waals surface area contributed by atoms with Gasteiger partial charge in [-0.15, -0.1) is 0 Å². The predicted molar refractivity (Wildman–Crippen MR) is 98.8 cm³/mol. The highest BCUT2D eigenvalue weighted by molar-refractivity contribution is 5.99. The van der Waals surface area contributed by atoms with Crippen LogP contribution in [0, 0.1) is 17.5 Å². The van der Waals surface area contributed by atoms with E-state index < -0.39 is 35.1 Å². The van der Waals surface area contributed by atoms with Crippen LogP contribution in [0.5, 0.6) is 11.5 Å². The zero-order chi connectivity index (χ0) is 21.1. The summed E-state index contributed by atoms with van der Waals surface area (Å²) in [5.41, 5.74) is 0.0551. The minimum Gasteiger partial charge on any atom is -0.493 e. The molecule has 3 rings (SSSR count). The molecule has 0 aliphatic carbocycles. The van der Waals surface area contributed by atoms with E-state index in [1.54, 1.807) is 18.2 Å². The number of nitrogens with zero attached hydrogens (tertiary/aromatic N) is 2. The standard InChI is InChI=1S/C19H18F3N3O4/c1-28-14-6-3-11(9-15(14)29-2)25-8-7-24(19(25)27)10-16(26)23-13-5-4-12(20)17(21)18(13)22/h3-6,9H,7-8,10H2,1-2H3,(H,23,26). The number of rotatable bonds is 6. The van der Waals surface area contributed by atoms with Gasteiger partial charge in [0, 0.05) is 24.8 Å². The lowest BCUT2D eigenvalue weighted by molar-refractivity contribution is -0.116. The van der Waals surface area contributed by atoms with Crippen LogP contribution in [0.2, 0.25) is 0 Å². The largest absolute Gasteiger partial charge is 0.493 e. The molecule has 0 bridgehead atoms. The van der Waals surface area contributed by atoms with Crippen LogP contribution in [0.25, 0.3) is 0 Å². The van der Waals surface area contributed by atoms with Gasteiger partial charge >= 0.3 is 6.03 Å². The van der Waals surface area contributed by atoms with Crippen molar-refractivity contribution in [3.63, 3.8) is 0 Å². The van der Waals surface area contributed by atoms with Crippen LogP contribution in [0.1, 0.15) is 0 Å². The second-order valence-electron chi connectivity index (χ2n) is 6.17. The average molecular weight is 409 g/mol. The molecular weight excluding hydrogens is 391 g/mol. The van der Waals surface area contributed by atoms with Crippen molar-refractivity contribution in [2.75, 3.05) is 44.1 Å². The molecule has 0 atom stereocenters. The van der Waals surface area contributed by atoms with Crippen LogP contribution in [0.3, 0.4) is 0 Å². The lowest BCUT2D eigenvalue weighted by atomic mass is 10.2. The molecule has 7 nitrogen and oxygen atoms in total. The van der Waals surface area contributed by atoms with Gasteiger partial charge in [0.25, 0.3) is 0 Å². The first-order valence-corrected chi connectivity index (χ1v) is 8.57. The summed E-state index contributed by atoms with van der Waals surface area (Å²) in [6, 6.07) is 6.15. The highest BCUT2D eigenvalue weighted by Crippen LogP contribution is 2.32. The monoisotopic (exact) mass is 409 g/mol. The number of halogens is 3. The number of benzene rings is 2. The topological polar surface area (TPSA) is 71.1 Å². The molecule has 1 aliphatic heterocycles. The third-order valence-electron chi connectivity index (χ3n) is 4.42. The number of amides is 3. The van der Waals surface area contributed by atoms with Crippen LogP contribution in [-0.2, 0) is 4.79 Å².